The Bertz CT molecular complexity index is 1670. The third-order valence-electron chi connectivity index (χ3n) is 5.90. The highest BCUT2D eigenvalue weighted by Gasteiger charge is 2.33. The molecule has 0 fully saturated rings. The number of alkyl halides is 3. The molecule has 0 saturated heterocycles. The summed E-state index contributed by atoms with van der Waals surface area (Å²) < 4.78 is 87.0. The molecule has 40 heavy (non-hydrogen) atoms. The molecule has 3 N–H and O–H groups in total. The second kappa shape index (κ2) is 10.6. The third kappa shape index (κ3) is 5.55. The smallest absolute Gasteiger partial charge is 0.416 e. The van der Waals surface area contributed by atoms with E-state index >= 15 is 0 Å². The van der Waals surface area contributed by atoms with Crippen LogP contribution in [-0.2, 0) is 12.7 Å². The first-order valence-electron chi connectivity index (χ1n) is 11.7. The van der Waals surface area contributed by atoms with Gasteiger partial charge in [-0.2, -0.15) is 18.2 Å². The van der Waals surface area contributed by atoms with E-state index in [1.165, 1.54) is 6.07 Å². The number of rotatable bonds is 7. The number of hydrogen-bond donors (Lipinski definition) is 3. The van der Waals surface area contributed by atoms with E-state index < -0.39 is 34.9 Å². The Kier molecular flexibility index (Phi) is 7.07. The van der Waals surface area contributed by atoms with Crippen molar-refractivity contribution in [1.29, 1.82) is 0 Å². The summed E-state index contributed by atoms with van der Waals surface area (Å²) in [6, 6.07) is 18.1. The Labute approximate surface area is 222 Å². The van der Waals surface area contributed by atoms with Gasteiger partial charge in [0.05, 0.1) is 22.5 Å². The largest absolute Gasteiger partial charge is 0.503 e. The Morgan fingerprint density at radius 1 is 0.850 bits per heavy atom. The summed E-state index contributed by atoms with van der Waals surface area (Å²) >= 11 is 0. The van der Waals surface area contributed by atoms with Crippen LogP contribution in [0.3, 0.4) is 0 Å². The topological polar surface area (TPSA) is 83.2 Å². The van der Waals surface area contributed by atoms with E-state index in [1.807, 2.05) is 6.07 Å². The van der Waals surface area contributed by atoms with Crippen LogP contribution in [0.25, 0.3) is 22.8 Å². The number of halogens is 6. The van der Waals surface area contributed by atoms with E-state index in [2.05, 4.69) is 20.8 Å². The van der Waals surface area contributed by atoms with Crippen molar-refractivity contribution in [1.82, 2.24) is 10.1 Å². The van der Waals surface area contributed by atoms with Gasteiger partial charge in [0, 0.05) is 17.8 Å². The first-order chi connectivity index (χ1) is 19.1. The van der Waals surface area contributed by atoms with Gasteiger partial charge in [-0.3, -0.25) is 0 Å². The second-order valence-electron chi connectivity index (χ2n) is 8.58. The first-order valence-corrected chi connectivity index (χ1v) is 11.7. The van der Waals surface area contributed by atoms with Gasteiger partial charge in [0.15, 0.2) is 17.4 Å². The van der Waals surface area contributed by atoms with Crippen LogP contribution < -0.4 is 10.6 Å². The molecule has 4 aromatic carbocycles. The van der Waals surface area contributed by atoms with Crippen molar-refractivity contribution in [2.45, 2.75) is 12.7 Å². The van der Waals surface area contributed by atoms with Gasteiger partial charge in [0.25, 0.3) is 5.89 Å². The molecule has 0 spiro atoms. The molecule has 0 aliphatic carbocycles. The average molecular weight is 556 g/mol. The normalized spacial score (nSPS) is 11.4. The van der Waals surface area contributed by atoms with E-state index in [4.69, 9.17) is 4.52 Å². The predicted octanol–water partition coefficient (Wildman–Crippen LogP) is 7.90. The lowest BCUT2D eigenvalue weighted by Gasteiger charge is -2.17. The highest BCUT2D eigenvalue weighted by Crippen LogP contribution is 2.36. The molecular formula is C28H18F6N4O2. The zero-order valence-electron chi connectivity index (χ0n) is 20.2. The molecular weight excluding hydrogens is 538 g/mol. The molecule has 0 amide bonds. The van der Waals surface area contributed by atoms with Crippen LogP contribution in [0.15, 0.2) is 83.4 Å². The number of nitrogens with zero attached hydrogens (tertiary/aromatic N) is 2. The quantitative estimate of drug-likeness (QED) is 0.177. The highest BCUT2D eigenvalue weighted by molar-refractivity contribution is 5.79. The highest BCUT2D eigenvalue weighted by atomic mass is 19.4. The maximum absolute atomic E-state index is 14.3. The number of para-hydroxylation sites is 1. The lowest BCUT2D eigenvalue weighted by molar-refractivity contribution is -0.138. The lowest BCUT2D eigenvalue weighted by atomic mass is 10.1. The molecule has 204 valence electrons. The second-order valence-corrected chi connectivity index (χ2v) is 8.58. The molecule has 0 unspecified atom stereocenters. The van der Waals surface area contributed by atoms with Crippen molar-refractivity contribution in [3.8, 4) is 28.6 Å². The van der Waals surface area contributed by atoms with Gasteiger partial charge in [-0.05, 0) is 60.2 Å². The summed E-state index contributed by atoms with van der Waals surface area (Å²) in [5.74, 6) is -4.98. The Balaban J connectivity index is 1.50. The van der Waals surface area contributed by atoms with Crippen molar-refractivity contribution in [3.63, 3.8) is 0 Å². The van der Waals surface area contributed by atoms with Gasteiger partial charge < -0.3 is 20.3 Å². The maximum atomic E-state index is 14.3. The summed E-state index contributed by atoms with van der Waals surface area (Å²) in [5.41, 5.74) is 0.260. The van der Waals surface area contributed by atoms with Crippen molar-refractivity contribution in [2.24, 2.45) is 0 Å². The Hall–Kier alpha value is -5.00. The van der Waals surface area contributed by atoms with Crippen LogP contribution in [-0.4, -0.2) is 15.2 Å². The summed E-state index contributed by atoms with van der Waals surface area (Å²) in [7, 11) is 0. The van der Waals surface area contributed by atoms with Crippen LogP contribution in [0.1, 0.15) is 11.1 Å². The molecule has 0 aliphatic rings. The summed E-state index contributed by atoms with van der Waals surface area (Å²) in [5, 5.41) is 19.5. The van der Waals surface area contributed by atoms with E-state index in [-0.39, 0.29) is 29.4 Å². The molecule has 6 nitrogen and oxygen atoms in total. The van der Waals surface area contributed by atoms with Crippen molar-refractivity contribution >= 4 is 17.1 Å². The van der Waals surface area contributed by atoms with Gasteiger partial charge in [-0.25, -0.2) is 13.2 Å². The van der Waals surface area contributed by atoms with E-state index in [0.29, 0.717) is 28.7 Å². The molecule has 5 rings (SSSR count). The van der Waals surface area contributed by atoms with Crippen LogP contribution >= 0.6 is 0 Å². The minimum atomic E-state index is -4.77. The third-order valence-corrected chi connectivity index (χ3v) is 5.90. The fourth-order valence-corrected chi connectivity index (χ4v) is 3.93. The van der Waals surface area contributed by atoms with Gasteiger partial charge in [0.1, 0.15) is 5.82 Å². The zero-order valence-corrected chi connectivity index (χ0v) is 20.2. The zero-order chi connectivity index (χ0) is 28.4. The molecule has 1 aromatic heterocycles. The first kappa shape index (κ1) is 26.6. The summed E-state index contributed by atoms with van der Waals surface area (Å²) in [6.07, 6.45) is -4.77. The Morgan fingerprint density at radius 3 is 2.38 bits per heavy atom. The molecule has 1 heterocycles. The van der Waals surface area contributed by atoms with Gasteiger partial charge in [-0.1, -0.05) is 29.4 Å². The number of benzene rings is 4. The van der Waals surface area contributed by atoms with Crippen LogP contribution in [0.5, 0.6) is 5.75 Å². The van der Waals surface area contributed by atoms with Crippen molar-refractivity contribution < 1.29 is 36.0 Å². The van der Waals surface area contributed by atoms with Crippen molar-refractivity contribution in [2.75, 3.05) is 10.6 Å². The monoisotopic (exact) mass is 556 g/mol. The van der Waals surface area contributed by atoms with E-state index in [9.17, 15) is 31.4 Å². The predicted molar refractivity (Wildman–Crippen MR) is 135 cm³/mol. The summed E-state index contributed by atoms with van der Waals surface area (Å²) in [6.45, 7) is -0.306. The number of nitrogens with one attached hydrogen (secondary N) is 2. The lowest BCUT2D eigenvalue weighted by Crippen LogP contribution is -2.13. The van der Waals surface area contributed by atoms with Gasteiger partial charge in [0.2, 0.25) is 5.82 Å². The minimum Gasteiger partial charge on any atom is -0.503 e. The number of aromatic nitrogens is 2. The molecule has 12 heteroatoms. The number of aromatic hydroxyl groups is 1. The molecule has 0 radical (unpaired) electrons. The van der Waals surface area contributed by atoms with Crippen LogP contribution in [0.2, 0.25) is 0 Å². The fraction of sp³-hybridized carbons (Fsp3) is 0.0714. The van der Waals surface area contributed by atoms with E-state index in [1.54, 1.807) is 36.4 Å². The number of anilines is 3. The minimum absolute atomic E-state index is 0.00899. The van der Waals surface area contributed by atoms with Crippen molar-refractivity contribution in [3.05, 3.63) is 107 Å². The van der Waals surface area contributed by atoms with Gasteiger partial charge in [-0.15, -0.1) is 0 Å². The van der Waals surface area contributed by atoms with E-state index in [0.717, 1.165) is 24.3 Å². The van der Waals surface area contributed by atoms with Crippen LogP contribution in [0.4, 0.5) is 43.4 Å². The summed E-state index contributed by atoms with van der Waals surface area (Å²) in [4.78, 5) is 4.12. The standard InChI is InChI=1S/C28H18F6N4O2/c29-17-8-6-16(20(13-17)28(32,33)34)14-35-23-12-15(7-11-22(23)36-18-4-2-1-3-5-18)26-37-27(40-38-26)19-9-10-21(30)25(39)24(19)31/h1-13,35-36,39H,14H2. The van der Waals surface area contributed by atoms with Gasteiger partial charge >= 0.3 is 6.18 Å². The SMILES string of the molecule is Oc1c(F)ccc(-c2nc(-c3ccc(Nc4ccccc4)c(NCc4ccc(F)cc4C(F)(F)F)c3)no2)c1F. The maximum Gasteiger partial charge on any atom is 0.416 e. The molecule has 0 aliphatic heterocycles. The van der Waals surface area contributed by atoms with Crippen LogP contribution in [0, 0.1) is 17.5 Å². The fourth-order valence-electron chi connectivity index (χ4n) is 3.93. The molecule has 0 saturated carbocycles. The number of phenolic OH excluding ortho intramolecular Hbond substituents is 1. The average Bonchev–Trinajstić information content (AvgIpc) is 3.42. The number of hydrogen-bond acceptors (Lipinski definition) is 6. The molecule has 5 aromatic rings. The number of phenols is 1. The molecule has 0 atom stereocenters. The molecule has 0 bridgehead atoms. The Morgan fingerprint density at radius 2 is 1.62 bits per heavy atom.